The molecule has 1 nitrogen and oxygen atoms in total. The minimum atomic E-state index is -2.62. The maximum Gasteiger partial charge on any atom is 0.270 e. The van der Waals surface area contributed by atoms with Crippen LogP contribution in [0.4, 0.5) is 8.78 Å². The molecule has 3 heteroatoms. The number of hydrogen-bond acceptors (Lipinski definition) is 1. The lowest BCUT2D eigenvalue weighted by molar-refractivity contribution is -0.0822. The third kappa shape index (κ3) is 6.23. The molecule has 0 aromatic heterocycles. The minimum absolute atomic E-state index is 0.0727. The van der Waals surface area contributed by atoms with E-state index in [2.05, 4.69) is 0 Å². The van der Waals surface area contributed by atoms with Crippen LogP contribution in [0.3, 0.4) is 0 Å². The van der Waals surface area contributed by atoms with Gasteiger partial charge in [0.1, 0.15) is 6.61 Å². The van der Waals surface area contributed by atoms with Crippen LogP contribution < -0.4 is 0 Å². The van der Waals surface area contributed by atoms with Crippen LogP contribution in [-0.4, -0.2) is 19.1 Å². The van der Waals surface area contributed by atoms with Crippen molar-refractivity contribution in [3.63, 3.8) is 0 Å². The zero-order valence-electron chi connectivity index (χ0n) is 7.20. The highest BCUT2D eigenvalue weighted by atomic mass is 19.3. The Kier molecular flexibility index (Phi) is 5.38. The molecule has 0 aliphatic carbocycles. The quantitative estimate of drug-likeness (QED) is 0.551. The average Bonchev–Trinajstić information content (AvgIpc) is 1.87. The number of halogens is 2. The van der Waals surface area contributed by atoms with E-state index >= 15 is 0 Å². The molecule has 0 bridgehead atoms. The Morgan fingerprint density at radius 3 is 2.27 bits per heavy atom. The maximum atomic E-state index is 12.6. The molecule has 0 aromatic rings. The van der Waals surface area contributed by atoms with Crippen molar-refractivity contribution >= 4 is 0 Å². The summed E-state index contributed by atoms with van der Waals surface area (Å²) in [6, 6.07) is 0. The third-order valence-electron chi connectivity index (χ3n) is 1.28. The predicted molar refractivity (Wildman–Crippen MR) is 41.0 cm³/mol. The number of hydrogen-bond donors (Lipinski definition) is 0. The topological polar surface area (TPSA) is 9.23 Å². The van der Waals surface area contributed by atoms with Crippen LogP contribution >= 0.6 is 0 Å². The molecule has 0 aromatic carbocycles. The lowest BCUT2D eigenvalue weighted by Gasteiger charge is -2.14. The van der Waals surface area contributed by atoms with E-state index in [1.54, 1.807) is 6.92 Å². The first-order valence-corrected chi connectivity index (χ1v) is 4.08. The summed E-state index contributed by atoms with van der Waals surface area (Å²) in [4.78, 5) is 0. The molecule has 0 saturated carbocycles. The molecular formula is C8H16F2O. The standard InChI is InChI=1S/C8H16F2O/c1-3-5-8(9,10)7-11-6-4-2/h3-7H2,1-2H3. The maximum absolute atomic E-state index is 12.6. The van der Waals surface area contributed by atoms with Crippen molar-refractivity contribution in [1.82, 2.24) is 0 Å². The molecule has 68 valence electrons. The van der Waals surface area contributed by atoms with Crippen molar-refractivity contribution in [1.29, 1.82) is 0 Å². The Bertz CT molecular complexity index is 94.1. The second-order valence-electron chi connectivity index (χ2n) is 2.66. The largest absolute Gasteiger partial charge is 0.375 e. The fourth-order valence-corrected chi connectivity index (χ4v) is 0.804. The van der Waals surface area contributed by atoms with Crippen LogP contribution in [-0.2, 0) is 4.74 Å². The van der Waals surface area contributed by atoms with Crippen LogP contribution in [0.1, 0.15) is 33.1 Å². The van der Waals surface area contributed by atoms with Gasteiger partial charge in [-0.25, -0.2) is 8.78 Å². The molecule has 0 aliphatic rings. The zero-order chi connectivity index (χ0) is 8.74. The van der Waals surface area contributed by atoms with Crippen molar-refractivity contribution < 1.29 is 13.5 Å². The van der Waals surface area contributed by atoms with Gasteiger partial charge in [0.15, 0.2) is 0 Å². The summed E-state index contributed by atoms with van der Waals surface area (Å²) in [6.45, 7) is 3.65. The summed E-state index contributed by atoms with van der Waals surface area (Å²) in [5, 5.41) is 0. The summed E-state index contributed by atoms with van der Waals surface area (Å²) in [5.41, 5.74) is 0. The Labute approximate surface area is 66.7 Å². The number of ether oxygens (including phenoxy) is 1. The second kappa shape index (κ2) is 5.47. The highest BCUT2D eigenvalue weighted by Crippen LogP contribution is 2.20. The van der Waals surface area contributed by atoms with Gasteiger partial charge < -0.3 is 4.74 Å². The lowest BCUT2D eigenvalue weighted by Crippen LogP contribution is -2.23. The average molecular weight is 166 g/mol. The van der Waals surface area contributed by atoms with Gasteiger partial charge in [0.2, 0.25) is 0 Å². The van der Waals surface area contributed by atoms with Crippen LogP contribution in [0.5, 0.6) is 0 Å². The molecule has 0 heterocycles. The first kappa shape index (κ1) is 10.8. The van der Waals surface area contributed by atoms with E-state index in [9.17, 15) is 8.78 Å². The van der Waals surface area contributed by atoms with Crippen molar-refractivity contribution in [2.75, 3.05) is 13.2 Å². The van der Waals surface area contributed by atoms with Crippen molar-refractivity contribution in [3.05, 3.63) is 0 Å². The molecule has 0 N–H and O–H groups in total. The Balaban J connectivity index is 3.38. The molecule has 0 atom stereocenters. The van der Waals surface area contributed by atoms with Gasteiger partial charge in [0.05, 0.1) is 0 Å². The van der Waals surface area contributed by atoms with Gasteiger partial charge in [-0.3, -0.25) is 0 Å². The van der Waals surface area contributed by atoms with Gasteiger partial charge in [-0.15, -0.1) is 0 Å². The summed E-state index contributed by atoms with van der Waals surface area (Å²) >= 11 is 0. The zero-order valence-corrected chi connectivity index (χ0v) is 7.20. The monoisotopic (exact) mass is 166 g/mol. The smallest absolute Gasteiger partial charge is 0.270 e. The van der Waals surface area contributed by atoms with Crippen LogP contribution in [0.2, 0.25) is 0 Å². The minimum Gasteiger partial charge on any atom is -0.375 e. The van der Waals surface area contributed by atoms with E-state index < -0.39 is 12.5 Å². The molecule has 11 heavy (non-hydrogen) atoms. The first-order chi connectivity index (χ1) is 5.12. The van der Waals surface area contributed by atoms with Gasteiger partial charge >= 0.3 is 0 Å². The number of rotatable bonds is 6. The molecule has 0 aliphatic heterocycles. The first-order valence-electron chi connectivity index (χ1n) is 4.08. The summed E-state index contributed by atoms with van der Waals surface area (Å²) in [6.07, 6.45) is 1.22. The van der Waals surface area contributed by atoms with E-state index in [0.29, 0.717) is 13.0 Å². The van der Waals surface area contributed by atoms with E-state index in [0.717, 1.165) is 6.42 Å². The van der Waals surface area contributed by atoms with Gasteiger partial charge in [-0.05, 0) is 6.42 Å². The Morgan fingerprint density at radius 2 is 1.82 bits per heavy atom. The molecular weight excluding hydrogens is 150 g/mol. The Morgan fingerprint density at radius 1 is 1.18 bits per heavy atom. The lowest BCUT2D eigenvalue weighted by atomic mass is 10.2. The van der Waals surface area contributed by atoms with E-state index in [-0.39, 0.29) is 6.42 Å². The Hall–Kier alpha value is -0.180. The molecule has 0 saturated heterocycles. The summed E-state index contributed by atoms with van der Waals surface area (Å²) in [7, 11) is 0. The molecule has 0 unspecified atom stereocenters. The summed E-state index contributed by atoms with van der Waals surface area (Å²) < 4.78 is 30.0. The fourth-order valence-electron chi connectivity index (χ4n) is 0.804. The van der Waals surface area contributed by atoms with Crippen LogP contribution in [0, 0.1) is 0 Å². The highest BCUT2D eigenvalue weighted by Gasteiger charge is 2.27. The fraction of sp³-hybridized carbons (Fsp3) is 1.00. The molecule has 0 amide bonds. The SMILES string of the molecule is CCCOCC(F)(F)CCC. The molecule has 0 spiro atoms. The summed E-state index contributed by atoms with van der Waals surface area (Å²) in [5.74, 6) is -2.62. The molecule has 0 fully saturated rings. The van der Waals surface area contributed by atoms with Crippen molar-refractivity contribution in [2.24, 2.45) is 0 Å². The van der Waals surface area contributed by atoms with Gasteiger partial charge in [0.25, 0.3) is 5.92 Å². The van der Waals surface area contributed by atoms with Gasteiger partial charge in [-0.1, -0.05) is 20.3 Å². The van der Waals surface area contributed by atoms with Crippen LogP contribution in [0.15, 0.2) is 0 Å². The van der Waals surface area contributed by atoms with E-state index in [4.69, 9.17) is 4.74 Å². The van der Waals surface area contributed by atoms with Gasteiger partial charge in [0, 0.05) is 13.0 Å². The van der Waals surface area contributed by atoms with Crippen molar-refractivity contribution in [3.8, 4) is 0 Å². The van der Waals surface area contributed by atoms with E-state index in [1.165, 1.54) is 0 Å². The highest BCUT2D eigenvalue weighted by molar-refractivity contribution is 4.63. The number of alkyl halides is 2. The van der Waals surface area contributed by atoms with Crippen LogP contribution in [0.25, 0.3) is 0 Å². The van der Waals surface area contributed by atoms with Crippen molar-refractivity contribution in [2.45, 2.75) is 39.0 Å². The normalized spacial score (nSPS) is 12.0. The molecule has 0 radical (unpaired) electrons. The third-order valence-corrected chi connectivity index (χ3v) is 1.28. The van der Waals surface area contributed by atoms with Gasteiger partial charge in [-0.2, -0.15) is 0 Å². The molecule has 0 rings (SSSR count). The van der Waals surface area contributed by atoms with E-state index in [1.807, 2.05) is 6.92 Å². The second-order valence-corrected chi connectivity index (χ2v) is 2.66. The predicted octanol–water partition coefficient (Wildman–Crippen LogP) is 2.85.